The molecule has 0 aromatic heterocycles. The molecule has 136 valence electrons. The number of nitrogens with zero attached hydrogens (tertiary/aromatic N) is 1. The van der Waals surface area contributed by atoms with Gasteiger partial charge in [0.05, 0.1) is 0 Å². The average Bonchev–Trinajstić information content (AvgIpc) is 2.64. The molecule has 0 saturated carbocycles. The summed E-state index contributed by atoms with van der Waals surface area (Å²) in [6.07, 6.45) is 1.30. The Bertz CT molecular complexity index is 790. The highest BCUT2D eigenvalue weighted by molar-refractivity contribution is 6.30. The number of piperidine rings is 1. The molecule has 0 spiro atoms. The first-order valence-corrected chi connectivity index (χ1v) is 8.77. The van der Waals surface area contributed by atoms with E-state index in [1.807, 2.05) is 0 Å². The molecule has 1 saturated heterocycles. The van der Waals surface area contributed by atoms with Gasteiger partial charge >= 0.3 is 6.03 Å². The molecule has 3 rings (SSSR count). The lowest BCUT2D eigenvalue weighted by molar-refractivity contribution is 0.0919. The summed E-state index contributed by atoms with van der Waals surface area (Å²) < 4.78 is 13.2. The summed E-state index contributed by atoms with van der Waals surface area (Å²) in [6, 6.07) is 12.3. The fourth-order valence-corrected chi connectivity index (χ4v) is 2.99. The third-order valence-corrected chi connectivity index (χ3v) is 4.55. The van der Waals surface area contributed by atoms with Crippen molar-refractivity contribution < 1.29 is 14.0 Å². The lowest BCUT2D eigenvalue weighted by atomic mass is 10.0. The Labute approximate surface area is 156 Å². The normalized spacial score (nSPS) is 14.8. The van der Waals surface area contributed by atoms with Crippen LogP contribution >= 0.6 is 11.6 Å². The van der Waals surface area contributed by atoms with Crippen molar-refractivity contribution >= 4 is 29.2 Å². The van der Waals surface area contributed by atoms with Gasteiger partial charge in [0.2, 0.25) is 0 Å². The highest BCUT2D eigenvalue weighted by atomic mass is 35.5. The van der Waals surface area contributed by atoms with Gasteiger partial charge in [-0.15, -0.1) is 0 Å². The van der Waals surface area contributed by atoms with Crippen LogP contribution in [0.15, 0.2) is 48.5 Å². The fourth-order valence-electron chi connectivity index (χ4n) is 2.86. The Morgan fingerprint density at radius 1 is 1.08 bits per heavy atom. The molecule has 1 aliphatic rings. The third kappa shape index (κ3) is 4.73. The van der Waals surface area contributed by atoms with Gasteiger partial charge in [0, 0.05) is 35.4 Å². The van der Waals surface area contributed by atoms with Gasteiger partial charge in [-0.2, -0.15) is 0 Å². The molecule has 5 nitrogen and oxygen atoms in total. The van der Waals surface area contributed by atoms with Gasteiger partial charge in [-0.1, -0.05) is 17.7 Å². The molecule has 3 amide bonds. The summed E-state index contributed by atoms with van der Waals surface area (Å²) in [6.45, 7) is 1.07. The first-order valence-electron chi connectivity index (χ1n) is 8.39. The van der Waals surface area contributed by atoms with E-state index in [1.54, 1.807) is 35.2 Å². The molecule has 2 aromatic rings. The van der Waals surface area contributed by atoms with E-state index in [4.69, 9.17) is 11.6 Å². The van der Waals surface area contributed by atoms with Crippen LogP contribution in [0, 0.1) is 5.82 Å². The fraction of sp³-hybridized carbons (Fsp3) is 0.263. The maximum absolute atomic E-state index is 13.2. The topological polar surface area (TPSA) is 61.4 Å². The number of amides is 3. The Hall–Kier alpha value is -2.60. The minimum atomic E-state index is -0.439. The van der Waals surface area contributed by atoms with Crippen molar-refractivity contribution in [3.8, 4) is 0 Å². The van der Waals surface area contributed by atoms with Crippen molar-refractivity contribution in [1.29, 1.82) is 0 Å². The van der Waals surface area contributed by atoms with Crippen LogP contribution in [-0.4, -0.2) is 36.0 Å². The zero-order valence-corrected chi connectivity index (χ0v) is 14.8. The summed E-state index contributed by atoms with van der Waals surface area (Å²) in [5.74, 6) is -0.736. The summed E-state index contributed by atoms with van der Waals surface area (Å²) in [7, 11) is 0. The number of likely N-dealkylation sites (tertiary alicyclic amines) is 1. The second-order valence-corrected chi connectivity index (χ2v) is 6.62. The number of nitrogens with one attached hydrogen (secondary N) is 2. The Morgan fingerprint density at radius 2 is 1.77 bits per heavy atom. The summed E-state index contributed by atoms with van der Waals surface area (Å²) in [5.41, 5.74) is 0.980. The first kappa shape index (κ1) is 18.2. The van der Waals surface area contributed by atoms with Crippen LogP contribution in [0.3, 0.4) is 0 Å². The van der Waals surface area contributed by atoms with Gasteiger partial charge in [0.15, 0.2) is 0 Å². The zero-order chi connectivity index (χ0) is 18.5. The quantitative estimate of drug-likeness (QED) is 0.854. The number of carbonyl (C=O) groups excluding carboxylic acids is 2. The number of benzene rings is 2. The number of hydrogen-bond acceptors (Lipinski definition) is 2. The van der Waals surface area contributed by atoms with E-state index >= 15 is 0 Å². The van der Waals surface area contributed by atoms with Gasteiger partial charge in [-0.3, -0.25) is 4.79 Å². The van der Waals surface area contributed by atoms with Crippen LogP contribution in [0.1, 0.15) is 23.2 Å². The molecule has 0 bridgehead atoms. The van der Waals surface area contributed by atoms with E-state index in [2.05, 4.69) is 10.6 Å². The second-order valence-electron chi connectivity index (χ2n) is 6.18. The van der Waals surface area contributed by atoms with E-state index in [1.165, 1.54) is 18.2 Å². The minimum absolute atomic E-state index is 0.0367. The van der Waals surface area contributed by atoms with Crippen LogP contribution in [0.2, 0.25) is 5.02 Å². The molecule has 1 heterocycles. The van der Waals surface area contributed by atoms with Crippen molar-refractivity contribution in [1.82, 2.24) is 10.2 Å². The largest absolute Gasteiger partial charge is 0.349 e. The van der Waals surface area contributed by atoms with Crippen molar-refractivity contribution in [2.24, 2.45) is 0 Å². The second kappa shape index (κ2) is 8.19. The highest BCUT2D eigenvalue weighted by Gasteiger charge is 2.24. The number of anilines is 1. The Balaban J connectivity index is 1.48. The molecule has 1 fully saturated rings. The van der Waals surface area contributed by atoms with E-state index in [0.717, 1.165) is 0 Å². The zero-order valence-electron chi connectivity index (χ0n) is 14.0. The number of hydrogen-bond donors (Lipinski definition) is 2. The summed E-state index contributed by atoms with van der Waals surface area (Å²) in [4.78, 5) is 26.2. The lowest BCUT2D eigenvalue weighted by Crippen LogP contribution is -2.47. The molecular weight excluding hydrogens is 357 g/mol. The molecule has 1 aliphatic heterocycles. The SMILES string of the molecule is O=C(NC1CCN(C(=O)Nc2ccc(Cl)cc2)CC1)c1cccc(F)c1. The van der Waals surface area contributed by atoms with Crippen LogP contribution in [0.5, 0.6) is 0 Å². The molecule has 0 atom stereocenters. The maximum Gasteiger partial charge on any atom is 0.321 e. The molecule has 26 heavy (non-hydrogen) atoms. The van der Waals surface area contributed by atoms with Gasteiger partial charge in [0.25, 0.3) is 5.91 Å². The van der Waals surface area contributed by atoms with Gasteiger partial charge in [-0.05, 0) is 55.3 Å². The minimum Gasteiger partial charge on any atom is -0.349 e. The first-order chi connectivity index (χ1) is 12.5. The maximum atomic E-state index is 13.2. The lowest BCUT2D eigenvalue weighted by Gasteiger charge is -2.32. The van der Waals surface area contributed by atoms with Crippen molar-refractivity contribution in [3.63, 3.8) is 0 Å². The molecule has 7 heteroatoms. The van der Waals surface area contributed by atoms with E-state index in [9.17, 15) is 14.0 Å². The van der Waals surface area contributed by atoms with Crippen LogP contribution in [0.4, 0.5) is 14.9 Å². The van der Waals surface area contributed by atoms with E-state index in [0.29, 0.717) is 42.2 Å². The average molecular weight is 376 g/mol. The Morgan fingerprint density at radius 3 is 2.42 bits per heavy atom. The molecule has 0 aliphatic carbocycles. The van der Waals surface area contributed by atoms with Gasteiger partial charge in [0.1, 0.15) is 5.82 Å². The molecule has 0 unspecified atom stereocenters. The van der Waals surface area contributed by atoms with Gasteiger partial charge < -0.3 is 15.5 Å². The molecule has 2 aromatic carbocycles. The molecule has 0 radical (unpaired) electrons. The molecular formula is C19H19ClFN3O2. The van der Waals surface area contributed by atoms with Crippen molar-refractivity contribution in [3.05, 3.63) is 64.9 Å². The predicted octanol–water partition coefficient (Wildman–Crippen LogP) is 3.91. The van der Waals surface area contributed by atoms with E-state index in [-0.39, 0.29) is 18.0 Å². The van der Waals surface area contributed by atoms with E-state index < -0.39 is 5.82 Å². The van der Waals surface area contributed by atoms with Crippen LogP contribution < -0.4 is 10.6 Å². The predicted molar refractivity (Wildman–Crippen MR) is 98.9 cm³/mol. The summed E-state index contributed by atoms with van der Waals surface area (Å²) >= 11 is 5.83. The molecule has 2 N–H and O–H groups in total. The standard InChI is InChI=1S/C19H19ClFN3O2/c20-14-4-6-16(7-5-14)23-19(26)24-10-8-17(9-11-24)22-18(25)13-2-1-3-15(21)12-13/h1-7,12,17H,8-11H2,(H,22,25)(H,23,26). The number of urea groups is 1. The van der Waals surface area contributed by atoms with Crippen LogP contribution in [0.25, 0.3) is 0 Å². The van der Waals surface area contributed by atoms with Gasteiger partial charge in [-0.25, -0.2) is 9.18 Å². The highest BCUT2D eigenvalue weighted by Crippen LogP contribution is 2.16. The summed E-state index contributed by atoms with van der Waals surface area (Å²) in [5, 5.41) is 6.33. The smallest absolute Gasteiger partial charge is 0.321 e. The monoisotopic (exact) mass is 375 g/mol. The van der Waals surface area contributed by atoms with Crippen LogP contribution in [-0.2, 0) is 0 Å². The van der Waals surface area contributed by atoms with Crippen molar-refractivity contribution in [2.75, 3.05) is 18.4 Å². The Kier molecular flexibility index (Phi) is 5.73. The third-order valence-electron chi connectivity index (χ3n) is 4.30. The number of rotatable bonds is 3. The van der Waals surface area contributed by atoms with Crippen molar-refractivity contribution in [2.45, 2.75) is 18.9 Å². The number of halogens is 2. The number of carbonyl (C=O) groups is 2.